The summed E-state index contributed by atoms with van der Waals surface area (Å²) in [7, 11) is 0. The maximum atomic E-state index is 12.8. The molecule has 3 rings (SSSR count). The van der Waals surface area contributed by atoms with Gasteiger partial charge in [-0.15, -0.1) is 0 Å². The predicted molar refractivity (Wildman–Crippen MR) is 107 cm³/mol. The molecule has 0 saturated heterocycles. The number of nitrogens with one attached hydrogen (secondary N) is 1. The number of nitrogens with zero attached hydrogens (tertiary/aromatic N) is 2. The van der Waals surface area contributed by atoms with Crippen LogP contribution in [0.5, 0.6) is 0 Å². The molecule has 0 aromatic heterocycles. The Morgan fingerprint density at radius 3 is 2.76 bits per heavy atom. The lowest BCUT2D eigenvalue weighted by molar-refractivity contribution is 0.249. The minimum absolute atomic E-state index is 0.182. The molecule has 1 N–H and O–H groups in total. The highest BCUT2D eigenvalue weighted by atomic mass is 35.5. The molecule has 0 unspecified atom stereocenters. The van der Waals surface area contributed by atoms with Crippen LogP contribution in [0.25, 0.3) is 0 Å². The Labute approximate surface area is 157 Å². The molecule has 1 heterocycles. The molecule has 0 fully saturated rings. The molecule has 130 valence electrons. The maximum Gasteiger partial charge on any atom is 0.328 e. The van der Waals surface area contributed by atoms with Crippen molar-refractivity contribution in [2.45, 2.75) is 18.6 Å². The van der Waals surface area contributed by atoms with Gasteiger partial charge in [0.1, 0.15) is 0 Å². The van der Waals surface area contributed by atoms with Crippen LogP contribution in [0.1, 0.15) is 12.5 Å². The summed E-state index contributed by atoms with van der Waals surface area (Å²) < 4.78 is 0. The first-order valence-corrected chi connectivity index (χ1v) is 9.48. The number of amides is 2. The summed E-state index contributed by atoms with van der Waals surface area (Å²) in [6.07, 6.45) is 0.784. The second kappa shape index (κ2) is 8.41. The molecular formula is C19H20ClN3OS. The van der Waals surface area contributed by atoms with Crippen LogP contribution in [0.3, 0.4) is 0 Å². The molecule has 25 heavy (non-hydrogen) atoms. The fourth-order valence-corrected chi connectivity index (χ4v) is 3.69. The lowest BCUT2D eigenvalue weighted by atomic mass is 10.1. The monoisotopic (exact) mass is 373 g/mol. The van der Waals surface area contributed by atoms with E-state index in [0.717, 1.165) is 12.1 Å². The van der Waals surface area contributed by atoms with E-state index in [1.165, 1.54) is 5.56 Å². The molecule has 0 spiro atoms. The SMILES string of the molecule is C[C@H]1CN=C(N(C(=O)NCCc2ccccc2)c2cccc(Cl)c2)S1. The van der Waals surface area contributed by atoms with Crippen molar-refractivity contribution in [3.05, 3.63) is 65.2 Å². The molecule has 2 aromatic carbocycles. The van der Waals surface area contributed by atoms with E-state index in [4.69, 9.17) is 11.6 Å². The summed E-state index contributed by atoms with van der Waals surface area (Å²) >= 11 is 7.71. The number of amidine groups is 1. The number of thioether (sulfide) groups is 1. The van der Waals surface area contributed by atoms with Crippen LogP contribution in [0.4, 0.5) is 10.5 Å². The summed E-state index contributed by atoms with van der Waals surface area (Å²) in [6.45, 7) is 3.38. The molecule has 0 radical (unpaired) electrons. The molecule has 4 nitrogen and oxygen atoms in total. The van der Waals surface area contributed by atoms with E-state index in [2.05, 4.69) is 29.4 Å². The zero-order chi connectivity index (χ0) is 17.6. The van der Waals surface area contributed by atoms with Crippen LogP contribution in [0, 0.1) is 0 Å². The first-order valence-electron chi connectivity index (χ1n) is 8.22. The molecule has 6 heteroatoms. The van der Waals surface area contributed by atoms with Crippen LogP contribution in [0.2, 0.25) is 5.02 Å². The van der Waals surface area contributed by atoms with Crippen LogP contribution in [-0.2, 0) is 6.42 Å². The number of carbonyl (C=O) groups is 1. The molecule has 0 aliphatic carbocycles. The molecule has 0 saturated carbocycles. The Balaban J connectivity index is 1.71. The summed E-state index contributed by atoms with van der Waals surface area (Å²) in [5, 5.41) is 4.67. The quantitative estimate of drug-likeness (QED) is 0.851. The highest BCUT2D eigenvalue weighted by molar-refractivity contribution is 8.15. The largest absolute Gasteiger partial charge is 0.337 e. The Kier molecular flexibility index (Phi) is 6.00. The van der Waals surface area contributed by atoms with Gasteiger partial charge in [0.15, 0.2) is 5.17 Å². The molecule has 1 aliphatic heterocycles. The number of rotatable bonds is 4. The number of halogens is 1. The lowest BCUT2D eigenvalue weighted by Gasteiger charge is -2.23. The molecule has 2 amide bonds. The third-order valence-electron chi connectivity index (χ3n) is 3.78. The minimum atomic E-state index is -0.182. The molecule has 2 aromatic rings. The van der Waals surface area contributed by atoms with Crippen LogP contribution < -0.4 is 10.2 Å². The van der Waals surface area contributed by atoms with Gasteiger partial charge in [-0.05, 0) is 30.2 Å². The van der Waals surface area contributed by atoms with Crippen molar-refractivity contribution in [1.29, 1.82) is 0 Å². The van der Waals surface area contributed by atoms with Gasteiger partial charge < -0.3 is 5.32 Å². The normalized spacial score (nSPS) is 16.4. The Morgan fingerprint density at radius 2 is 2.08 bits per heavy atom. The van der Waals surface area contributed by atoms with Crippen LogP contribution >= 0.6 is 23.4 Å². The highest BCUT2D eigenvalue weighted by Gasteiger charge is 2.27. The lowest BCUT2D eigenvalue weighted by Crippen LogP contribution is -2.43. The van der Waals surface area contributed by atoms with Gasteiger partial charge in [0.2, 0.25) is 0 Å². The van der Waals surface area contributed by atoms with E-state index < -0.39 is 0 Å². The average Bonchev–Trinajstić information content (AvgIpc) is 3.02. The standard InChI is InChI=1S/C19H20ClN3OS/c1-14-13-22-19(25-14)23(17-9-5-8-16(20)12-17)18(24)21-11-10-15-6-3-2-4-7-15/h2-9,12,14H,10-11,13H2,1H3,(H,21,24)/t14-/m0/s1. The molecule has 1 atom stereocenters. The van der Waals surface area contributed by atoms with Crippen LogP contribution in [0.15, 0.2) is 59.6 Å². The van der Waals surface area contributed by atoms with Crippen molar-refractivity contribution in [2.24, 2.45) is 4.99 Å². The second-order valence-electron chi connectivity index (χ2n) is 5.83. The number of aliphatic imine (C=N–C) groups is 1. The van der Waals surface area contributed by atoms with Gasteiger partial charge in [0, 0.05) is 16.8 Å². The van der Waals surface area contributed by atoms with E-state index in [1.54, 1.807) is 28.8 Å². The topological polar surface area (TPSA) is 44.7 Å². The van der Waals surface area contributed by atoms with E-state index >= 15 is 0 Å². The minimum Gasteiger partial charge on any atom is -0.337 e. The van der Waals surface area contributed by atoms with Crippen molar-refractivity contribution >= 4 is 40.2 Å². The van der Waals surface area contributed by atoms with Crippen molar-refractivity contribution in [3.8, 4) is 0 Å². The first kappa shape index (κ1) is 17.8. The van der Waals surface area contributed by atoms with Crippen molar-refractivity contribution in [2.75, 3.05) is 18.0 Å². The first-order chi connectivity index (χ1) is 12.1. The zero-order valence-electron chi connectivity index (χ0n) is 14.0. The van der Waals surface area contributed by atoms with Gasteiger partial charge >= 0.3 is 6.03 Å². The van der Waals surface area contributed by atoms with E-state index in [-0.39, 0.29) is 6.03 Å². The van der Waals surface area contributed by atoms with E-state index in [9.17, 15) is 4.79 Å². The van der Waals surface area contributed by atoms with Crippen molar-refractivity contribution < 1.29 is 4.79 Å². The van der Waals surface area contributed by atoms with Gasteiger partial charge in [0.05, 0.1) is 12.2 Å². The number of carbonyl (C=O) groups excluding carboxylic acids is 1. The van der Waals surface area contributed by atoms with Crippen molar-refractivity contribution in [3.63, 3.8) is 0 Å². The number of hydrogen-bond acceptors (Lipinski definition) is 3. The third kappa shape index (κ3) is 4.77. The van der Waals surface area contributed by atoms with Crippen molar-refractivity contribution in [1.82, 2.24) is 5.32 Å². The van der Waals surface area contributed by atoms with E-state index in [1.807, 2.05) is 30.3 Å². The number of hydrogen-bond donors (Lipinski definition) is 1. The predicted octanol–water partition coefficient (Wildman–Crippen LogP) is 4.59. The fourth-order valence-electron chi connectivity index (χ4n) is 2.55. The number of benzene rings is 2. The maximum absolute atomic E-state index is 12.8. The summed E-state index contributed by atoms with van der Waals surface area (Å²) in [6, 6.07) is 17.2. The Bertz CT molecular complexity index is 766. The van der Waals surface area contributed by atoms with Gasteiger partial charge in [-0.2, -0.15) is 0 Å². The summed E-state index contributed by atoms with van der Waals surface area (Å²) in [5.41, 5.74) is 1.92. The van der Waals surface area contributed by atoms with Gasteiger partial charge in [-0.3, -0.25) is 4.99 Å². The van der Waals surface area contributed by atoms with E-state index in [0.29, 0.717) is 28.5 Å². The third-order valence-corrected chi connectivity index (χ3v) is 5.09. The average molecular weight is 374 g/mol. The summed E-state index contributed by atoms with van der Waals surface area (Å²) in [5.74, 6) is 0. The van der Waals surface area contributed by atoms with Gasteiger partial charge in [-0.1, -0.05) is 66.7 Å². The molecule has 0 bridgehead atoms. The van der Waals surface area contributed by atoms with Gasteiger partial charge in [-0.25, -0.2) is 9.69 Å². The number of urea groups is 1. The van der Waals surface area contributed by atoms with Gasteiger partial charge in [0.25, 0.3) is 0 Å². The fraction of sp³-hybridized carbons (Fsp3) is 0.263. The Hall–Kier alpha value is -1.98. The zero-order valence-corrected chi connectivity index (χ0v) is 15.6. The molecular weight excluding hydrogens is 354 g/mol. The van der Waals surface area contributed by atoms with Crippen LogP contribution in [-0.4, -0.2) is 29.5 Å². The summed E-state index contributed by atoms with van der Waals surface area (Å²) in [4.78, 5) is 18.9. The highest BCUT2D eigenvalue weighted by Crippen LogP contribution is 2.28. The second-order valence-corrected chi connectivity index (χ2v) is 7.68. The number of anilines is 1. The Morgan fingerprint density at radius 1 is 1.28 bits per heavy atom. The molecule has 1 aliphatic rings. The smallest absolute Gasteiger partial charge is 0.328 e.